The van der Waals surface area contributed by atoms with Crippen molar-refractivity contribution in [3.8, 4) is 0 Å². The van der Waals surface area contributed by atoms with E-state index in [1.807, 2.05) is 0 Å². The first-order valence-electron chi connectivity index (χ1n) is 5.61. The normalized spacial score (nSPS) is 14.1. The van der Waals surface area contributed by atoms with Gasteiger partial charge in [-0.05, 0) is 0 Å². The molecule has 2 rings (SSSR count). The summed E-state index contributed by atoms with van der Waals surface area (Å²) in [5.41, 5.74) is 0. The van der Waals surface area contributed by atoms with Crippen LogP contribution in [-0.4, -0.2) is 20.0 Å². The molecular weight excluding hydrogens is 211 g/mol. The van der Waals surface area contributed by atoms with Gasteiger partial charge in [-0.15, -0.1) is 0 Å². The quantitative estimate of drug-likeness (QED) is 0.695. The average Bonchev–Trinajstić information content (AvgIpc) is 2.31. The van der Waals surface area contributed by atoms with E-state index in [2.05, 4.69) is 80.7 Å². The number of hydrogen-bond donors (Lipinski definition) is 0. The second-order valence-corrected chi connectivity index (χ2v) is 12.1. The number of rotatable bonds is 2. The Morgan fingerprint density at radius 1 is 0.562 bits per heavy atom. The minimum absolute atomic E-state index is 1.47. The summed E-state index contributed by atoms with van der Waals surface area (Å²) < 4.78 is 0. The second-order valence-electron chi connectivity index (χ2n) is 5.47. The fourth-order valence-electron chi connectivity index (χ4n) is 2.05. The van der Waals surface area contributed by atoms with Crippen LogP contribution in [-0.2, 0) is 0 Å². The molecule has 2 aromatic carbocycles. The molecule has 0 fully saturated rings. The van der Waals surface area contributed by atoms with Gasteiger partial charge in [0.2, 0.25) is 0 Å². The maximum absolute atomic E-state index is 2.41. The molecule has 0 atom stereocenters. The van der Waals surface area contributed by atoms with Crippen molar-refractivity contribution in [2.24, 2.45) is 0 Å². The van der Waals surface area contributed by atoms with E-state index in [-0.39, 0.29) is 0 Å². The van der Waals surface area contributed by atoms with Crippen LogP contribution in [0, 0.1) is 0 Å². The summed E-state index contributed by atoms with van der Waals surface area (Å²) in [7, 11) is 0. The van der Waals surface area contributed by atoms with Crippen LogP contribution in [0.3, 0.4) is 0 Å². The summed E-state index contributed by atoms with van der Waals surface area (Å²) in [6, 6.07) is 21.7. The molecule has 0 aliphatic carbocycles. The van der Waals surface area contributed by atoms with Gasteiger partial charge in [0.05, 0.1) is 0 Å². The summed E-state index contributed by atoms with van der Waals surface area (Å²) in [4.78, 5) is 0. The van der Waals surface area contributed by atoms with Crippen LogP contribution >= 0.6 is 6.60 Å². The van der Waals surface area contributed by atoms with Crippen molar-refractivity contribution in [1.29, 1.82) is 0 Å². The van der Waals surface area contributed by atoms with Crippen molar-refractivity contribution in [1.82, 2.24) is 0 Å². The van der Waals surface area contributed by atoms with E-state index in [9.17, 15) is 0 Å². The Balaban J connectivity index is 2.60. The van der Waals surface area contributed by atoms with Gasteiger partial charge >= 0.3 is 97.9 Å². The predicted octanol–water partition coefficient (Wildman–Crippen LogP) is 3.08. The van der Waals surface area contributed by atoms with Crippen molar-refractivity contribution in [2.75, 3.05) is 20.0 Å². The van der Waals surface area contributed by atoms with Crippen LogP contribution in [0.5, 0.6) is 0 Å². The monoisotopic (exact) mass is 230 g/mol. The van der Waals surface area contributed by atoms with Crippen molar-refractivity contribution in [2.45, 2.75) is 0 Å². The van der Waals surface area contributed by atoms with E-state index in [0.29, 0.717) is 0 Å². The Bertz CT molecular complexity index is 420. The van der Waals surface area contributed by atoms with Crippen LogP contribution in [0.25, 0.3) is 0 Å². The molecule has 0 radical (unpaired) electrons. The van der Waals surface area contributed by atoms with Crippen molar-refractivity contribution in [3.05, 3.63) is 60.7 Å². The van der Waals surface area contributed by atoms with Crippen LogP contribution in [0.2, 0.25) is 0 Å². The van der Waals surface area contributed by atoms with Crippen LogP contribution < -0.4 is 10.6 Å². The molecule has 0 aliphatic rings. The van der Waals surface area contributed by atoms with Gasteiger partial charge in [-0.3, -0.25) is 0 Å². The zero-order valence-electron chi connectivity index (χ0n) is 10.2. The van der Waals surface area contributed by atoms with Crippen LogP contribution in [0.1, 0.15) is 0 Å². The Morgan fingerprint density at radius 3 is 1.19 bits per heavy atom. The van der Waals surface area contributed by atoms with Crippen molar-refractivity contribution >= 4 is 17.2 Å². The zero-order chi connectivity index (χ0) is 11.7. The predicted molar refractivity (Wildman–Crippen MR) is 76.8 cm³/mol. The summed E-state index contributed by atoms with van der Waals surface area (Å²) in [5.74, 6) is 0. The third-order valence-corrected chi connectivity index (χ3v) is 7.53. The first-order valence-corrected chi connectivity index (χ1v) is 9.19. The van der Waals surface area contributed by atoms with Crippen LogP contribution in [0.4, 0.5) is 0 Å². The fourth-order valence-corrected chi connectivity index (χ4v) is 4.78. The van der Waals surface area contributed by atoms with E-state index in [4.69, 9.17) is 0 Å². The standard InChI is InChI=1S/C15H19P/c1-16(2,3,14-10-6-4-7-11-14)15-12-8-5-9-13-15/h4-13H,1-3H3. The molecule has 0 heterocycles. The topological polar surface area (TPSA) is 0 Å². The van der Waals surface area contributed by atoms with E-state index < -0.39 is 6.60 Å². The van der Waals surface area contributed by atoms with Crippen molar-refractivity contribution < 1.29 is 0 Å². The minimum atomic E-state index is -1.93. The molecule has 0 N–H and O–H groups in total. The Kier molecular flexibility index (Phi) is 2.64. The molecule has 0 spiro atoms. The third kappa shape index (κ3) is 1.90. The molecule has 0 amide bonds. The number of benzene rings is 2. The number of hydrogen-bond acceptors (Lipinski definition) is 0. The summed E-state index contributed by atoms with van der Waals surface area (Å²) >= 11 is 0. The van der Waals surface area contributed by atoms with Gasteiger partial charge in [0.15, 0.2) is 0 Å². The first-order chi connectivity index (χ1) is 7.49. The van der Waals surface area contributed by atoms with Crippen molar-refractivity contribution in [3.63, 3.8) is 0 Å². The SMILES string of the molecule is CP(C)(C)(c1ccccc1)c1ccccc1. The van der Waals surface area contributed by atoms with Gasteiger partial charge < -0.3 is 0 Å². The maximum atomic E-state index is 2.41. The van der Waals surface area contributed by atoms with Gasteiger partial charge in [0, 0.05) is 0 Å². The molecule has 1 heteroatoms. The van der Waals surface area contributed by atoms with Crippen LogP contribution in [0.15, 0.2) is 60.7 Å². The van der Waals surface area contributed by atoms with Gasteiger partial charge in [-0.25, -0.2) is 0 Å². The van der Waals surface area contributed by atoms with Gasteiger partial charge in [-0.2, -0.15) is 0 Å². The molecular formula is C15H19P. The van der Waals surface area contributed by atoms with E-state index >= 15 is 0 Å². The molecule has 0 nitrogen and oxygen atoms in total. The average molecular weight is 230 g/mol. The summed E-state index contributed by atoms with van der Waals surface area (Å²) in [6.07, 6.45) is 0. The zero-order valence-corrected chi connectivity index (χ0v) is 11.1. The van der Waals surface area contributed by atoms with Gasteiger partial charge in [-0.1, -0.05) is 0 Å². The third-order valence-electron chi connectivity index (χ3n) is 3.32. The molecule has 0 saturated heterocycles. The molecule has 84 valence electrons. The van der Waals surface area contributed by atoms with Gasteiger partial charge in [0.1, 0.15) is 0 Å². The first kappa shape index (κ1) is 11.4. The molecule has 0 aliphatic heterocycles. The molecule has 0 saturated carbocycles. The van der Waals surface area contributed by atoms with Gasteiger partial charge in [0.25, 0.3) is 0 Å². The van der Waals surface area contributed by atoms with E-state index in [1.165, 1.54) is 10.6 Å². The molecule has 16 heavy (non-hydrogen) atoms. The Hall–Kier alpha value is -1.13. The second kappa shape index (κ2) is 3.71. The van der Waals surface area contributed by atoms with E-state index in [1.54, 1.807) is 0 Å². The Labute approximate surface area is 98.3 Å². The fraction of sp³-hybridized carbons (Fsp3) is 0.200. The van der Waals surface area contributed by atoms with E-state index in [0.717, 1.165) is 0 Å². The molecule has 0 aromatic heterocycles. The molecule has 0 unspecified atom stereocenters. The Morgan fingerprint density at radius 2 is 0.875 bits per heavy atom. The molecule has 2 aromatic rings. The summed E-state index contributed by atoms with van der Waals surface area (Å²) in [5, 5.41) is 2.94. The molecule has 0 bridgehead atoms. The summed E-state index contributed by atoms with van der Waals surface area (Å²) in [6.45, 7) is 5.31.